The minimum atomic E-state index is -1.12. The molecule has 2 atom stereocenters. The van der Waals surface area contributed by atoms with Crippen LogP contribution in [-0.2, 0) is 14.4 Å². The number of hydrogen-bond acceptors (Lipinski definition) is 5. The van der Waals surface area contributed by atoms with Gasteiger partial charge in [0.2, 0.25) is 5.91 Å². The standard InChI is InChI=1S/C24H19ClFNO6/c25-20-9-15(26)2-4-16(20)18-10-23(31)33-21-8-14(1-3-17(18)21)19(12-28)24(32)27-6-5-13(11-27)7-22(29)30/h1-4,8-10,12-13,19H,5-7,11H2,(H,29,30)/t13-,19-/m0/s1. The second kappa shape index (κ2) is 9.15. The summed E-state index contributed by atoms with van der Waals surface area (Å²) in [4.78, 5) is 49.4. The second-order valence-electron chi connectivity index (χ2n) is 8.01. The first-order chi connectivity index (χ1) is 15.8. The van der Waals surface area contributed by atoms with Gasteiger partial charge in [-0.05, 0) is 42.2 Å². The van der Waals surface area contributed by atoms with Crippen LogP contribution in [0.4, 0.5) is 4.39 Å². The highest BCUT2D eigenvalue weighted by atomic mass is 35.5. The Morgan fingerprint density at radius 2 is 2.00 bits per heavy atom. The molecule has 1 saturated heterocycles. The van der Waals surface area contributed by atoms with E-state index in [4.69, 9.17) is 21.1 Å². The summed E-state index contributed by atoms with van der Waals surface area (Å²) in [6.07, 6.45) is 1.04. The Labute approximate surface area is 192 Å². The Kier molecular flexibility index (Phi) is 6.29. The summed E-state index contributed by atoms with van der Waals surface area (Å²) in [6.45, 7) is 0.641. The summed E-state index contributed by atoms with van der Waals surface area (Å²) < 4.78 is 18.8. The number of hydrogen-bond donors (Lipinski definition) is 1. The maximum atomic E-state index is 13.5. The van der Waals surface area contributed by atoms with Crippen molar-refractivity contribution in [2.24, 2.45) is 5.92 Å². The van der Waals surface area contributed by atoms with Crippen molar-refractivity contribution in [1.29, 1.82) is 0 Å². The molecule has 7 nitrogen and oxygen atoms in total. The van der Waals surface area contributed by atoms with E-state index in [1.165, 1.54) is 29.2 Å². The summed E-state index contributed by atoms with van der Waals surface area (Å²) in [5, 5.41) is 9.60. The van der Waals surface area contributed by atoms with Crippen molar-refractivity contribution in [1.82, 2.24) is 4.90 Å². The maximum Gasteiger partial charge on any atom is 0.336 e. The zero-order chi connectivity index (χ0) is 23.7. The van der Waals surface area contributed by atoms with Crippen LogP contribution in [0.25, 0.3) is 22.1 Å². The summed E-state index contributed by atoms with van der Waals surface area (Å²) >= 11 is 6.17. The van der Waals surface area contributed by atoms with Crippen LogP contribution in [-0.4, -0.2) is 41.3 Å². The molecular formula is C24H19ClFNO6. The van der Waals surface area contributed by atoms with Gasteiger partial charge in [0.05, 0.1) is 5.02 Å². The topological polar surface area (TPSA) is 105 Å². The first-order valence-corrected chi connectivity index (χ1v) is 10.6. The molecule has 33 heavy (non-hydrogen) atoms. The Balaban J connectivity index is 1.69. The number of carboxylic acid groups (broad SMARTS) is 1. The van der Waals surface area contributed by atoms with Crippen molar-refractivity contribution in [2.45, 2.75) is 18.8 Å². The first kappa shape index (κ1) is 22.7. The first-order valence-electron chi connectivity index (χ1n) is 10.3. The molecule has 1 amide bonds. The van der Waals surface area contributed by atoms with Gasteiger partial charge in [0.1, 0.15) is 23.6 Å². The molecule has 0 bridgehead atoms. The fourth-order valence-electron chi connectivity index (χ4n) is 4.23. The summed E-state index contributed by atoms with van der Waals surface area (Å²) in [7, 11) is 0. The quantitative estimate of drug-likeness (QED) is 0.332. The molecule has 1 aromatic heterocycles. The smallest absolute Gasteiger partial charge is 0.336 e. The molecule has 2 aromatic carbocycles. The molecule has 1 aliphatic rings. The normalized spacial score (nSPS) is 16.7. The van der Waals surface area contributed by atoms with Gasteiger partial charge in [-0.15, -0.1) is 0 Å². The number of carbonyl (C=O) groups is 3. The highest BCUT2D eigenvalue weighted by molar-refractivity contribution is 6.33. The van der Waals surface area contributed by atoms with Crippen molar-refractivity contribution in [3.63, 3.8) is 0 Å². The predicted molar refractivity (Wildman–Crippen MR) is 119 cm³/mol. The van der Waals surface area contributed by atoms with Gasteiger partial charge >= 0.3 is 11.6 Å². The van der Waals surface area contributed by atoms with Gasteiger partial charge in [-0.2, -0.15) is 0 Å². The molecule has 1 aliphatic heterocycles. The molecule has 0 saturated carbocycles. The Bertz CT molecular complexity index is 1320. The Morgan fingerprint density at radius 3 is 2.70 bits per heavy atom. The zero-order valence-corrected chi connectivity index (χ0v) is 18.0. The second-order valence-corrected chi connectivity index (χ2v) is 8.42. The number of aliphatic carboxylic acids is 1. The van der Waals surface area contributed by atoms with Crippen molar-refractivity contribution < 1.29 is 28.3 Å². The molecule has 1 fully saturated rings. The van der Waals surface area contributed by atoms with E-state index in [1.54, 1.807) is 12.1 Å². The third kappa shape index (κ3) is 4.66. The van der Waals surface area contributed by atoms with Gasteiger partial charge in [-0.1, -0.05) is 23.7 Å². The molecule has 0 spiro atoms. The number of likely N-dealkylation sites (tertiary alicyclic amines) is 1. The maximum absolute atomic E-state index is 13.5. The Morgan fingerprint density at radius 1 is 1.21 bits per heavy atom. The number of aldehydes is 1. The van der Waals surface area contributed by atoms with E-state index >= 15 is 0 Å². The molecule has 1 N–H and O–H groups in total. The molecule has 170 valence electrons. The molecule has 0 radical (unpaired) electrons. The molecule has 0 aliphatic carbocycles. The lowest BCUT2D eigenvalue weighted by Gasteiger charge is -2.20. The fraction of sp³-hybridized carbons (Fsp3) is 0.250. The highest BCUT2D eigenvalue weighted by Gasteiger charge is 2.32. The van der Waals surface area contributed by atoms with Crippen LogP contribution in [0.5, 0.6) is 0 Å². The minimum Gasteiger partial charge on any atom is -0.481 e. The number of rotatable bonds is 6. The van der Waals surface area contributed by atoms with Crippen molar-refractivity contribution in [3.05, 3.63) is 69.3 Å². The van der Waals surface area contributed by atoms with Crippen LogP contribution >= 0.6 is 11.6 Å². The predicted octanol–water partition coefficient (Wildman–Crippen LogP) is 3.86. The van der Waals surface area contributed by atoms with E-state index < -0.39 is 29.2 Å². The fourth-order valence-corrected chi connectivity index (χ4v) is 4.49. The van der Waals surface area contributed by atoms with Crippen LogP contribution in [0.3, 0.4) is 0 Å². The summed E-state index contributed by atoms with van der Waals surface area (Å²) in [5.41, 5.74) is 0.700. The van der Waals surface area contributed by atoms with Crippen LogP contribution in [0.15, 0.2) is 51.7 Å². The monoisotopic (exact) mass is 471 g/mol. The Hall–Kier alpha value is -3.52. The number of benzene rings is 2. The van der Waals surface area contributed by atoms with Gasteiger partial charge in [0.25, 0.3) is 0 Å². The average Bonchev–Trinajstić information content (AvgIpc) is 3.21. The molecule has 0 unspecified atom stereocenters. The van der Waals surface area contributed by atoms with E-state index in [-0.39, 0.29) is 29.5 Å². The summed E-state index contributed by atoms with van der Waals surface area (Å²) in [6, 6.07) is 9.73. The van der Waals surface area contributed by atoms with E-state index in [0.29, 0.717) is 41.3 Å². The molecule has 4 rings (SSSR count). The SMILES string of the molecule is O=C[C@H](C(=O)N1CC[C@@H](CC(=O)O)C1)c1ccc2c(-c3ccc(F)cc3Cl)cc(=O)oc2c1. The van der Waals surface area contributed by atoms with Crippen LogP contribution in [0.2, 0.25) is 5.02 Å². The van der Waals surface area contributed by atoms with Crippen molar-refractivity contribution in [2.75, 3.05) is 13.1 Å². The number of halogens is 2. The lowest BCUT2D eigenvalue weighted by molar-refractivity contribution is -0.139. The van der Waals surface area contributed by atoms with Crippen molar-refractivity contribution in [3.8, 4) is 11.1 Å². The van der Waals surface area contributed by atoms with Crippen molar-refractivity contribution >= 4 is 40.7 Å². The molecular weight excluding hydrogens is 453 g/mol. The highest BCUT2D eigenvalue weighted by Crippen LogP contribution is 2.34. The largest absolute Gasteiger partial charge is 0.481 e. The third-order valence-electron chi connectivity index (χ3n) is 5.81. The third-order valence-corrected chi connectivity index (χ3v) is 6.12. The van der Waals surface area contributed by atoms with Crippen LogP contribution < -0.4 is 5.63 Å². The number of carboxylic acids is 1. The average molecular weight is 472 g/mol. The number of fused-ring (bicyclic) bond motifs is 1. The summed E-state index contributed by atoms with van der Waals surface area (Å²) in [5.74, 6) is -3.16. The lowest BCUT2D eigenvalue weighted by atomic mass is 9.95. The van der Waals surface area contributed by atoms with Crippen LogP contribution in [0, 0.1) is 11.7 Å². The van der Waals surface area contributed by atoms with Gasteiger partial charge in [-0.3, -0.25) is 9.59 Å². The minimum absolute atomic E-state index is 0.0363. The lowest BCUT2D eigenvalue weighted by Crippen LogP contribution is -2.34. The molecule has 3 aromatic rings. The van der Waals surface area contributed by atoms with E-state index in [1.807, 2.05) is 0 Å². The van der Waals surface area contributed by atoms with E-state index in [9.17, 15) is 23.6 Å². The van der Waals surface area contributed by atoms with E-state index in [0.717, 1.165) is 6.07 Å². The van der Waals surface area contributed by atoms with Crippen LogP contribution in [0.1, 0.15) is 24.3 Å². The molecule has 9 heteroatoms. The van der Waals surface area contributed by atoms with Gasteiger partial charge in [-0.25, -0.2) is 9.18 Å². The van der Waals surface area contributed by atoms with Gasteiger partial charge < -0.3 is 19.2 Å². The number of carbonyl (C=O) groups excluding carboxylic acids is 2. The number of nitrogens with zero attached hydrogens (tertiary/aromatic N) is 1. The molecule has 2 heterocycles. The zero-order valence-electron chi connectivity index (χ0n) is 17.3. The van der Waals surface area contributed by atoms with E-state index in [2.05, 4.69) is 0 Å². The number of amides is 1. The van der Waals surface area contributed by atoms with Gasteiger partial charge in [0.15, 0.2) is 0 Å². The van der Waals surface area contributed by atoms with Gasteiger partial charge in [0, 0.05) is 42.1 Å².